The van der Waals surface area contributed by atoms with Crippen LogP contribution in [0.5, 0.6) is 0 Å². The summed E-state index contributed by atoms with van der Waals surface area (Å²) < 4.78 is 26.1. The van der Waals surface area contributed by atoms with Gasteiger partial charge in [-0.2, -0.15) is 4.31 Å². The van der Waals surface area contributed by atoms with E-state index in [-0.39, 0.29) is 16.5 Å². The predicted molar refractivity (Wildman–Crippen MR) is 79.4 cm³/mol. The van der Waals surface area contributed by atoms with Gasteiger partial charge in [0.2, 0.25) is 10.0 Å². The summed E-state index contributed by atoms with van der Waals surface area (Å²) in [7, 11) is -2.18. The highest BCUT2D eigenvalue weighted by molar-refractivity contribution is 7.89. The van der Waals surface area contributed by atoms with Crippen LogP contribution >= 0.6 is 23.2 Å². The monoisotopic (exact) mass is 330 g/mol. The molecule has 0 amide bonds. The van der Waals surface area contributed by atoms with Gasteiger partial charge in [0.1, 0.15) is 4.90 Å². The highest BCUT2D eigenvalue weighted by Crippen LogP contribution is 2.27. The van der Waals surface area contributed by atoms with Crippen molar-refractivity contribution in [2.75, 3.05) is 7.05 Å². The predicted octanol–water partition coefficient (Wildman–Crippen LogP) is 3.21. The van der Waals surface area contributed by atoms with Gasteiger partial charge < -0.3 is 0 Å². The zero-order valence-corrected chi connectivity index (χ0v) is 13.0. The maximum absolute atomic E-state index is 12.4. The van der Waals surface area contributed by atoms with Crippen LogP contribution in [0.4, 0.5) is 0 Å². The molecule has 0 radical (unpaired) electrons. The minimum atomic E-state index is -3.67. The number of nitrogens with zero attached hydrogens (tertiary/aromatic N) is 2. The van der Waals surface area contributed by atoms with E-state index in [0.29, 0.717) is 5.02 Å². The van der Waals surface area contributed by atoms with E-state index < -0.39 is 10.0 Å². The van der Waals surface area contributed by atoms with Gasteiger partial charge in [-0.15, -0.1) is 0 Å². The summed E-state index contributed by atoms with van der Waals surface area (Å²) in [6.45, 7) is 0.217. The molecule has 1 aromatic heterocycles. The van der Waals surface area contributed by atoms with Crippen molar-refractivity contribution in [3.05, 3.63) is 58.3 Å². The third-order valence-corrected chi connectivity index (χ3v) is 5.23. The molecule has 0 saturated carbocycles. The molecule has 0 fully saturated rings. The molecule has 0 aliphatic heterocycles. The second-order valence-electron chi connectivity index (χ2n) is 4.20. The number of halogens is 2. The average molecular weight is 331 g/mol. The fourth-order valence-electron chi connectivity index (χ4n) is 1.69. The van der Waals surface area contributed by atoms with E-state index in [9.17, 15) is 8.42 Å². The molecule has 2 rings (SSSR count). The van der Waals surface area contributed by atoms with E-state index in [1.807, 2.05) is 6.07 Å². The van der Waals surface area contributed by atoms with E-state index >= 15 is 0 Å². The molecule has 2 aromatic rings. The maximum atomic E-state index is 12.4. The van der Waals surface area contributed by atoms with Crippen LogP contribution < -0.4 is 0 Å². The first kappa shape index (κ1) is 15.3. The summed E-state index contributed by atoms with van der Waals surface area (Å²) in [6, 6.07) is 7.87. The molecule has 0 saturated heterocycles. The molecule has 0 bridgehead atoms. The van der Waals surface area contributed by atoms with E-state index in [4.69, 9.17) is 23.2 Å². The second-order valence-corrected chi connectivity index (χ2v) is 7.05. The van der Waals surface area contributed by atoms with Crippen LogP contribution in [0.15, 0.2) is 47.6 Å². The zero-order valence-electron chi connectivity index (χ0n) is 10.6. The summed E-state index contributed by atoms with van der Waals surface area (Å²) in [5.74, 6) is 0. The minimum absolute atomic E-state index is 0.0370. The van der Waals surface area contributed by atoms with Gasteiger partial charge in [-0.25, -0.2) is 8.42 Å². The number of pyridine rings is 1. The largest absolute Gasteiger partial charge is 0.264 e. The van der Waals surface area contributed by atoms with Crippen LogP contribution in [0.2, 0.25) is 10.0 Å². The van der Waals surface area contributed by atoms with Crippen molar-refractivity contribution in [3.8, 4) is 0 Å². The number of sulfonamides is 1. The van der Waals surface area contributed by atoms with Crippen molar-refractivity contribution in [1.82, 2.24) is 9.29 Å². The van der Waals surface area contributed by atoms with Crippen molar-refractivity contribution in [2.24, 2.45) is 0 Å². The van der Waals surface area contributed by atoms with Crippen LogP contribution in [0.25, 0.3) is 0 Å². The molecular formula is C13H12Cl2N2O2S. The Balaban J connectivity index is 2.30. The zero-order chi connectivity index (χ0) is 14.8. The summed E-state index contributed by atoms with van der Waals surface area (Å²) >= 11 is 11.7. The van der Waals surface area contributed by atoms with E-state index in [1.54, 1.807) is 18.5 Å². The SMILES string of the molecule is CN(Cc1cccnc1)S(=O)(=O)c1ccc(Cl)cc1Cl. The highest BCUT2D eigenvalue weighted by Gasteiger charge is 2.23. The standard InChI is InChI=1S/C13H12Cl2N2O2S/c1-17(9-10-3-2-6-16-8-10)20(18,19)13-5-4-11(14)7-12(13)15/h2-8H,9H2,1H3. The van der Waals surface area contributed by atoms with Gasteiger partial charge in [-0.1, -0.05) is 29.3 Å². The summed E-state index contributed by atoms with van der Waals surface area (Å²) in [6.07, 6.45) is 3.25. The number of rotatable bonds is 4. The van der Waals surface area contributed by atoms with E-state index in [2.05, 4.69) is 4.98 Å². The lowest BCUT2D eigenvalue weighted by atomic mass is 10.3. The molecular weight excluding hydrogens is 319 g/mol. The Hall–Kier alpha value is -1.14. The van der Waals surface area contributed by atoms with E-state index in [1.165, 1.54) is 29.6 Å². The van der Waals surface area contributed by atoms with Gasteiger partial charge in [0.05, 0.1) is 5.02 Å². The van der Waals surface area contributed by atoms with Crippen LogP contribution in [0.3, 0.4) is 0 Å². The summed E-state index contributed by atoms with van der Waals surface area (Å²) in [4.78, 5) is 3.99. The van der Waals surface area contributed by atoms with Gasteiger partial charge in [0.15, 0.2) is 0 Å². The number of aromatic nitrogens is 1. The lowest BCUT2D eigenvalue weighted by Crippen LogP contribution is -2.26. The highest BCUT2D eigenvalue weighted by atomic mass is 35.5. The number of hydrogen-bond acceptors (Lipinski definition) is 3. The van der Waals surface area contributed by atoms with Gasteiger partial charge in [-0.05, 0) is 29.8 Å². The molecule has 0 aliphatic carbocycles. The van der Waals surface area contributed by atoms with Gasteiger partial charge in [-0.3, -0.25) is 4.98 Å². The quantitative estimate of drug-likeness (QED) is 0.864. The van der Waals surface area contributed by atoms with Gasteiger partial charge >= 0.3 is 0 Å². The Morgan fingerprint density at radius 2 is 2.00 bits per heavy atom. The molecule has 0 aliphatic rings. The summed E-state index contributed by atoms with van der Waals surface area (Å²) in [5.41, 5.74) is 0.795. The number of benzene rings is 1. The molecule has 1 aromatic carbocycles. The van der Waals surface area contributed by atoms with Crippen molar-refractivity contribution in [3.63, 3.8) is 0 Å². The third-order valence-electron chi connectivity index (χ3n) is 2.71. The van der Waals surface area contributed by atoms with Crippen LogP contribution in [-0.2, 0) is 16.6 Å². The van der Waals surface area contributed by atoms with Crippen LogP contribution in [0.1, 0.15) is 5.56 Å². The van der Waals surface area contributed by atoms with Gasteiger partial charge in [0.25, 0.3) is 0 Å². The Bertz CT molecular complexity index is 706. The molecule has 0 atom stereocenters. The first-order valence-corrected chi connectivity index (χ1v) is 7.91. The van der Waals surface area contributed by atoms with E-state index in [0.717, 1.165) is 5.56 Å². The van der Waals surface area contributed by atoms with Crippen LogP contribution in [-0.4, -0.2) is 24.8 Å². The van der Waals surface area contributed by atoms with Crippen molar-refractivity contribution in [2.45, 2.75) is 11.4 Å². The maximum Gasteiger partial charge on any atom is 0.244 e. The molecule has 1 heterocycles. The molecule has 20 heavy (non-hydrogen) atoms. The average Bonchev–Trinajstić information content (AvgIpc) is 2.39. The normalized spacial score (nSPS) is 11.8. The van der Waals surface area contributed by atoms with Crippen LogP contribution in [0, 0.1) is 0 Å². The van der Waals surface area contributed by atoms with Crippen molar-refractivity contribution >= 4 is 33.2 Å². The molecule has 0 spiro atoms. The smallest absolute Gasteiger partial charge is 0.244 e. The van der Waals surface area contributed by atoms with Gasteiger partial charge in [0, 0.05) is 31.0 Å². The molecule has 106 valence electrons. The fraction of sp³-hybridized carbons (Fsp3) is 0.154. The second kappa shape index (κ2) is 6.10. The molecule has 7 heteroatoms. The first-order valence-electron chi connectivity index (χ1n) is 5.71. The molecule has 4 nitrogen and oxygen atoms in total. The Morgan fingerprint density at radius 3 is 2.60 bits per heavy atom. The lowest BCUT2D eigenvalue weighted by molar-refractivity contribution is 0.466. The topological polar surface area (TPSA) is 50.3 Å². The third kappa shape index (κ3) is 3.30. The number of hydrogen-bond donors (Lipinski definition) is 0. The lowest BCUT2D eigenvalue weighted by Gasteiger charge is -2.18. The molecule has 0 unspecified atom stereocenters. The molecule has 0 N–H and O–H groups in total. The Morgan fingerprint density at radius 1 is 1.25 bits per heavy atom. The first-order chi connectivity index (χ1) is 9.41. The summed E-state index contributed by atoms with van der Waals surface area (Å²) in [5, 5.41) is 0.499. The fourth-order valence-corrected chi connectivity index (χ4v) is 3.59. The Labute approximate surface area is 128 Å². The Kier molecular flexibility index (Phi) is 4.65. The minimum Gasteiger partial charge on any atom is -0.264 e. The van der Waals surface area contributed by atoms with Crippen molar-refractivity contribution in [1.29, 1.82) is 0 Å². The van der Waals surface area contributed by atoms with Crippen molar-refractivity contribution < 1.29 is 8.42 Å².